The third-order valence-corrected chi connectivity index (χ3v) is 5.38. The van der Waals surface area contributed by atoms with E-state index in [1.807, 2.05) is 6.07 Å². The maximum Gasteiger partial charge on any atom is 0.0952 e. The molecule has 1 heteroatoms. The fraction of sp³-hybridized carbons (Fsp3) is 0.700. The maximum atomic E-state index is 11.8. The average Bonchev–Trinajstić information content (AvgIpc) is 2.55. The highest BCUT2D eigenvalue weighted by Gasteiger charge is 2.47. The maximum absolute atomic E-state index is 11.8. The fourth-order valence-corrected chi connectivity index (χ4v) is 3.77. The zero-order chi connectivity index (χ0) is 15.8. The first kappa shape index (κ1) is 18.2. The molecular weight excluding hydrogens is 256 g/mol. The van der Waals surface area contributed by atoms with E-state index in [0.717, 1.165) is 44.1 Å². The van der Waals surface area contributed by atoms with Crippen LogP contribution in [0, 0.1) is 5.41 Å². The molecule has 0 amide bonds. The predicted molar refractivity (Wildman–Crippen MR) is 92.4 cm³/mol. The van der Waals surface area contributed by atoms with Crippen LogP contribution < -0.4 is 0 Å². The van der Waals surface area contributed by atoms with Gasteiger partial charge in [0.05, 0.1) is 5.60 Å². The molecule has 0 spiro atoms. The van der Waals surface area contributed by atoms with Gasteiger partial charge >= 0.3 is 0 Å². The van der Waals surface area contributed by atoms with E-state index in [4.69, 9.17) is 0 Å². The van der Waals surface area contributed by atoms with Crippen molar-refractivity contribution in [3.05, 3.63) is 35.9 Å². The molecule has 0 aliphatic heterocycles. The van der Waals surface area contributed by atoms with Gasteiger partial charge < -0.3 is 5.11 Å². The molecule has 0 radical (unpaired) electrons. The molecule has 1 atom stereocenters. The molecule has 1 aromatic rings. The van der Waals surface area contributed by atoms with Crippen LogP contribution >= 0.6 is 0 Å². The van der Waals surface area contributed by atoms with Crippen LogP contribution in [0.5, 0.6) is 0 Å². The van der Waals surface area contributed by atoms with Crippen LogP contribution in [0.2, 0.25) is 0 Å². The molecule has 120 valence electrons. The van der Waals surface area contributed by atoms with Gasteiger partial charge in [-0.15, -0.1) is 0 Å². The van der Waals surface area contributed by atoms with Crippen molar-refractivity contribution in [3.63, 3.8) is 0 Å². The van der Waals surface area contributed by atoms with Crippen molar-refractivity contribution in [2.75, 3.05) is 0 Å². The Labute approximate surface area is 131 Å². The molecule has 0 aromatic heterocycles. The smallest absolute Gasteiger partial charge is 0.0952 e. The van der Waals surface area contributed by atoms with Gasteiger partial charge in [-0.25, -0.2) is 0 Å². The number of aliphatic hydroxyl groups is 1. The summed E-state index contributed by atoms with van der Waals surface area (Å²) in [5, 5.41) is 11.8. The Kier molecular flexibility index (Phi) is 7.45. The first-order valence-electron chi connectivity index (χ1n) is 8.88. The van der Waals surface area contributed by atoms with Crippen LogP contribution in [0.25, 0.3) is 0 Å². The monoisotopic (exact) mass is 290 g/mol. The zero-order valence-electron chi connectivity index (χ0n) is 14.5. The molecule has 0 saturated carbocycles. The molecule has 21 heavy (non-hydrogen) atoms. The quantitative estimate of drug-likeness (QED) is 0.555. The molecular formula is C20H34O. The summed E-state index contributed by atoms with van der Waals surface area (Å²) in [4.78, 5) is 0. The molecule has 0 fully saturated rings. The van der Waals surface area contributed by atoms with Crippen molar-refractivity contribution in [1.29, 1.82) is 0 Å². The summed E-state index contributed by atoms with van der Waals surface area (Å²) < 4.78 is 0. The van der Waals surface area contributed by atoms with Gasteiger partial charge in [0.1, 0.15) is 0 Å². The van der Waals surface area contributed by atoms with E-state index >= 15 is 0 Å². The lowest BCUT2D eigenvalue weighted by atomic mass is 9.61. The molecule has 1 unspecified atom stereocenters. The first-order chi connectivity index (χ1) is 10.1. The highest BCUT2D eigenvalue weighted by molar-refractivity contribution is 5.25. The number of unbranched alkanes of at least 4 members (excludes halogenated alkanes) is 2. The molecule has 1 N–H and O–H groups in total. The summed E-state index contributed by atoms with van der Waals surface area (Å²) in [6.07, 6.45) is 8.68. The lowest BCUT2D eigenvalue weighted by Gasteiger charge is -2.48. The van der Waals surface area contributed by atoms with Gasteiger partial charge in [-0.05, 0) is 31.2 Å². The zero-order valence-corrected chi connectivity index (χ0v) is 14.5. The Balaban J connectivity index is 3.24. The molecule has 0 bridgehead atoms. The van der Waals surface area contributed by atoms with Crippen molar-refractivity contribution in [2.45, 2.75) is 84.7 Å². The van der Waals surface area contributed by atoms with E-state index in [1.54, 1.807) is 0 Å². The van der Waals surface area contributed by atoms with Crippen molar-refractivity contribution >= 4 is 0 Å². The topological polar surface area (TPSA) is 20.2 Å². The highest BCUT2D eigenvalue weighted by Crippen LogP contribution is 2.51. The largest absolute Gasteiger partial charge is 0.385 e. The van der Waals surface area contributed by atoms with E-state index in [9.17, 15) is 5.11 Å². The predicted octanol–water partition coefficient (Wildman–Crippen LogP) is 6.06. The number of rotatable bonds is 10. The lowest BCUT2D eigenvalue weighted by molar-refractivity contribution is -0.111. The lowest BCUT2D eigenvalue weighted by Crippen LogP contribution is -2.45. The Bertz CT molecular complexity index is 380. The molecule has 0 aliphatic rings. The average molecular weight is 290 g/mol. The second-order valence-corrected chi connectivity index (χ2v) is 6.42. The van der Waals surface area contributed by atoms with Crippen LogP contribution in [0.15, 0.2) is 30.3 Å². The minimum Gasteiger partial charge on any atom is -0.385 e. The molecule has 0 aliphatic carbocycles. The summed E-state index contributed by atoms with van der Waals surface area (Å²) in [5.41, 5.74) is 0.418. The summed E-state index contributed by atoms with van der Waals surface area (Å²) in [6.45, 7) is 8.94. The van der Waals surface area contributed by atoms with Gasteiger partial charge in [-0.3, -0.25) is 0 Å². The number of benzene rings is 1. The highest BCUT2D eigenvalue weighted by atomic mass is 16.3. The minimum atomic E-state index is -0.692. The Morgan fingerprint density at radius 2 is 1.33 bits per heavy atom. The minimum absolute atomic E-state index is 0.000463. The van der Waals surface area contributed by atoms with Crippen molar-refractivity contribution in [1.82, 2.24) is 0 Å². The summed E-state index contributed by atoms with van der Waals surface area (Å²) in [7, 11) is 0. The van der Waals surface area contributed by atoms with E-state index < -0.39 is 5.60 Å². The van der Waals surface area contributed by atoms with Crippen molar-refractivity contribution in [2.24, 2.45) is 5.41 Å². The van der Waals surface area contributed by atoms with Gasteiger partial charge in [0.2, 0.25) is 0 Å². The summed E-state index contributed by atoms with van der Waals surface area (Å²) in [5.74, 6) is 0. The van der Waals surface area contributed by atoms with Gasteiger partial charge in [0, 0.05) is 5.41 Å². The van der Waals surface area contributed by atoms with Crippen LogP contribution in [0.1, 0.15) is 84.6 Å². The third kappa shape index (κ3) is 3.88. The van der Waals surface area contributed by atoms with Gasteiger partial charge in [0.25, 0.3) is 0 Å². The van der Waals surface area contributed by atoms with Gasteiger partial charge in [-0.1, -0.05) is 83.7 Å². The Morgan fingerprint density at radius 3 is 1.81 bits per heavy atom. The molecule has 1 nitrogen and oxygen atoms in total. The fourth-order valence-electron chi connectivity index (χ4n) is 3.77. The SMILES string of the molecule is CCCCC(CC)(CC)C(O)(CCCC)c1ccccc1. The standard InChI is InChI=1S/C20H34O/c1-5-9-16-19(7-3,8-4)20(21,17-10-6-2)18-14-12-11-13-15-18/h11-15,21H,5-10,16-17H2,1-4H3. The van der Waals surface area contributed by atoms with Crippen LogP contribution in [0.4, 0.5) is 0 Å². The van der Waals surface area contributed by atoms with Gasteiger partial charge in [0.15, 0.2) is 0 Å². The molecule has 0 heterocycles. The van der Waals surface area contributed by atoms with Crippen LogP contribution in [-0.2, 0) is 5.60 Å². The summed E-state index contributed by atoms with van der Waals surface area (Å²) in [6, 6.07) is 10.4. The third-order valence-electron chi connectivity index (χ3n) is 5.38. The van der Waals surface area contributed by atoms with E-state index in [2.05, 4.69) is 52.0 Å². The van der Waals surface area contributed by atoms with Crippen molar-refractivity contribution in [3.8, 4) is 0 Å². The first-order valence-corrected chi connectivity index (χ1v) is 8.88. The molecule has 0 saturated heterocycles. The Morgan fingerprint density at radius 1 is 0.810 bits per heavy atom. The number of hydrogen-bond donors (Lipinski definition) is 1. The molecule has 1 rings (SSSR count). The molecule has 1 aromatic carbocycles. The van der Waals surface area contributed by atoms with E-state index in [0.29, 0.717) is 0 Å². The van der Waals surface area contributed by atoms with E-state index in [1.165, 1.54) is 12.8 Å². The summed E-state index contributed by atoms with van der Waals surface area (Å²) >= 11 is 0. The normalized spacial score (nSPS) is 14.9. The Hall–Kier alpha value is -0.820. The number of hydrogen-bond acceptors (Lipinski definition) is 1. The van der Waals surface area contributed by atoms with Gasteiger partial charge in [-0.2, -0.15) is 0 Å². The second-order valence-electron chi connectivity index (χ2n) is 6.42. The van der Waals surface area contributed by atoms with Crippen LogP contribution in [-0.4, -0.2) is 5.11 Å². The second kappa shape index (κ2) is 8.58. The van der Waals surface area contributed by atoms with Crippen LogP contribution in [0.3, 0.4) is 0 Å². The van der Waals surface area contributed by atoms with Crippen molar-refractivity contribution < 1.29 is 5.11 Å². The van der Waals surface area contributed by atoms with E-state index in [-0.39, 0.29) is 5.41 Å².